The molecule has 1 aliphatic rings. The zero-order chi connectivity index (χ0) is 17.3. The molecule has 0 amide bonds. The van der Waals surface area contributed by atoms with Crippen LogP contribution in [0, 0.1) is 0 Å². The second kappa shape index (κ2) is 6.36. The number of methoxy groups -OCH3 is 1. The molecule has 0 bridgehead atoms. The molecule has 0 radical (unpaired) electrons. The highest BCUT2D eigenvalue weighted by Gasteiger charge is 2.25. The Hall–Kier alpha value is -2.21. The average Bonchev–Trinajstić information content (AvgIpc) is 2.55. The van der Waals surface area contributed by atoms with Crippen LogP contribution >= 0.6 is 0 Å². The van der Waals surface area contributed by atoms with E-state index in [0.29, 0.717) is 19.0 Å². The van der Waals surface area contributed by atoms with Crippen molar-refractivity contribution in [3.63, 3.8) is 0 Å². The van der Waals surface area contributed by atoms with E-state index in [4.69, 9.17) is 9.72 Å². The van der Waals surface area contributed by atoms with Gasteiger partial charge in [0.05, 0.1) is 18.4 Å². The second-order valence-corrected chi connectivity index (χ2v) is 7.22. The molecular weight excluding hydrogens is 304 g/mol. The van der Waals surface area contributed by atoms with Crippen molar-refractivity contribution >= 4 is 0 Å². The number of pyridine rings is 1. The van der Waals surface area contributed by atoms with Crippen LogP contribution < -0.4 is 10.3 Å². The fourth-order valence-corrected chi connectivity index (χ4v) is 2.94. The molecule has 128 valence electrons. The van der Waals surface area contributed by atoms with Crippen molar-refractivity contribution in [2.24, 2.45) is 0 Å². The Morgan fingerprint density at radius 3 is 2.88 bits per heavy atom. The first kappa shape index (κ1) is 16.6. The third-order valence-electron chi connectivity index (χ3n) is 4.30. The van der Waals surface area contributed by atoms with Crippen LogP contribution in [0.5, 0.6) is 5.88 Å². The number of hydrogen-bond acceptors (Lipinski definition) is 5. The topological polar surface area (TPSA) is 71.1 Å². The number of ether oxygens (including phenoxy) is 1. The molecule has 0 saturated heterocycles. The van der Waals surface area contributed by atoms with Crippen molar-refractivity contribution in [3.05, 3.63) is 51.3 Å². The lowest BCUT2D eigenvalue weighted by Crippen LogP contribution is -2.37. The molecule has 1 aliphatic heterocycles. The number of nitrogens with zero attached hydrogens (tertiary/aromatic N) is 3. The molecule has 3 rings (SSSR count). The fourth-order valence-electron chi connectivity index (χ4n) is 2.94. The van der Waals surface area contributed by atoms with Crippen LogP contribution in [0.2, 0.25) is 0 Å². The lowest BCUT2D eigenvalue weighted by atomic mass is 9.95. The van der Waals surface area contributed by atoms with Gasteiger partial charge in [0.1, 0.15) is 5.82 Å². The molecule has 3 heterocycles. The molecule has 1 N–H and O–H groups in total. The Morgan fingerprint density at radius 1 is 1.38 bits per heavy atom. The lowest BCUT2D eigenvalue weighted by molar-refractivity contribution is 0.236. The van der Waals surface area contributed by atoms with Crippen molar-refractivity contribution < 1.29 is 4.74 Å². The van der Waals surface area contributed by atoms with Crippen LogP contribution in [0.4, 0.5) is 0 Å². The molecule has 6 nitrogen and oxygen atoms in total. The minimum atomic E-state index is -0.158. The van der Waals surface area contributed by atoms with E-state index in [9.17, 15) is 4.79 Å². The summed E-state index contributed by atoms with van der Waals surface area (Å²) >= 11 is 0. The predicted octanol–water partition coefficient (Wildman–Crippen LogP) is 2.03. The fraction of sp³-hybridized carbons (Fsp3) is 0.500. The van der Waals surface area contributed by atoms with Crippen LogP contribution in [0.15, 0.2) is 23.1 Å². The van der Waals surface area contributed by atoms with Gasteiger partial charge in [-0.15, -0.1) is 0 Å². The quantitative estimate of drug-likeness (QED) is 0.933. The van der Waals surface area contributed by atoms with E-state index in [1.807, 2.05) is 12.1 Å². The van der Waals surface area contributed by atoms with E-state index < -0.39 is 0 Å². The van der Waals surface area contributed by atoms with Gasteiger partial charge in [0.2, 0.25) is 5.88 Å². The minimum Gasteiger partial charge on any atom is -0.481 e. The van der Waals surface area contributed by atoms with Crippen LogP contribution in [0.1, 0.15) is 43.4 Å². The van der Waals surface area contributed by atoms with E-state index in [1.165, 1.54) is 0 Å². The third-order valence-corrected chi connectivity index (χ3v) is 4.30. The standard InChI is InChI=1S/C18H24N4O2/c1-18(2,3)17-20-14-7-9-22(11-13(14)15(23)21-17)10-12-6-5-8-19-16(12)24-4/h5-6,8H,7,9-11H2,1-4H3,(H,20,21,23). The molecule has 0 unspecified atom stereocenters. The van der Waals surface area contributed by atoms with Gasteiger partial charge in [-0.3, -0.25) is 9.69 Å². The Labute approximate surface area is 141 Å². The predicted molar refractivity (Wildman–Crippen MR) is 92.2 cm³/mol. The van der Waals surface area contributed by atoms with Crippen molar-refractivity contribution in [2.45, 2.75) is 45.7 Å². The Balaban J connectivity index is 1.84. The van der Waals surface area contributed by atoms with Crippen LogP contribution in [0.3, 0.4) is 0 Å². The van der Waals surface area contributed by atoms with Gasteiger partial charge >= 0.3 is 0 Å². The first-order chi connectivity index (χ1) is 11.4. The molecule has 24 heavy (non-hydrogen) atoms. The molecule has 0 spiro atoms. The zero-order valence-corrected chi connectivity index (χ0v) is 14.7. The average molecular weight is 328 g/mol. The smallest absolute Gasteiger partial charge is 0.255 e. The monoisotopic (exact) mass is 328 g/mol. The molecule has 2 aromatic heterocycles. The highest BCUT2D eigenvalue weighted by atomic mass is 16.5. The first-order valence-electron chi connectivity index (χ1n) is 8.21. The summed E-state index contributed by atoms with van der Waals surface area (Å²) < 4.78 is 5.32. The summed E-state index contributed by atoms with van der Waals surface area (Å²) in [5.41, 5.74) is 2.55. The molecule has 2 aromatic rings. The van der Waals surface area contributed by atoms with E-state index in [0.717, 1.165) is 35.6 Å². The van der Waals surface area contributed by atoms with Crippen molar-refractivity contribution in [2.75, 3.05) is 13.7 Å². The zero-order valence-electron chi connectivity index (χ0n) is 14.7. The van der Waals surface area contributed by atoms with Gasteiger partial charge in [0.15, 0.2) is 0 Å². The summed E-state index contributed by atoms with van der Waals surface area (Å²) in [4.78, 5) is 26.6. The maximum Gasteiger partial charge on any atom is 0.255 e. The van der Waals surface area contributed by atoms with Gasteiger partial charge in [-0.1, -0.05) is 26.8 Å². The number of hydrogen-bond donors (Lipinski definition) is 1. The number of nitrogens with one attached hydrogen (secondary N) is 1. The number of aromatic amines is 1. The minimum absolute atomic E-state index is 0.0206. The number of fused-ring (bicyclic) bond motifs is 1. The molecule has 0 atom stereocenters. The summed E-state index contributed by atoms with van der Waals surface area (Å²) in [5.74, 6) is 1.40. The molecule has 0 aliphatic carbocycles. The van der Waals surface area contributed by atoms with Crippen LogP contribution in [0.25, 0.3) is 0 Å². The van der Waals surface area contributed by atoms with Gasteiger partial charge in [-0.25, -0.2) is 9.97 Å². The molecular formula is C18H24N4O2. The van der Waals surface area contributed by atoms with Crippen molar-refractivity contribution in [3.8, 4) is 5.88 Å². The molecule has 0 aromatic carbocycles. The summed E-state index contributed by atoms with van der Waals surface area (Å²) in [6, 6.07) is 3.91. The largest absolute Gasteiger partial charge is 0.481 e. The Kier molecular flexibility index (Phi) is 4.41. The number of aromatic nitrogens is 3. The van der Waals surface area contributed by atoms with Crippen molar-refractivity contribution in [1.29, 1.82) is 0 Å². The van der Waals surface area contributed by atoms with Gasteiger partial charge < -0.3 is 9.72 Å². The van der Waals surface area contributed by atoms with Gasteiger partial charge in [0, 0.05) is 43.2 Å². The van der Waals surface area contributed by atoms with E-state index >= 15 is 0 Å². The third kappa shape index (κ3) is 3.33. The summed E-state index contributed by atoms with van der Waals surface area (Å²) in [5, 5.41) is 0. The maximum atomic E-state index is 12.5. The second-order valence-electron chi connectivity index (χ2n) is 7.22. The summed E-state index contributed by atoms with van der Waals surface area (Å²) in [6.07, 6.45) is 2.50. The molecule has 0 saturated carbocycles. The SMILES string of the molecule is COc1ncccc1CN1CCc2nc(C(C)(C)C)[nH]c(=O)c2C1. The van der Waals surface area contributed by atoms with E-state index in [1.54, 1.807) is 13.3 Å². The first-order valence-corrected chi connectivity index (χ1v) is 8.21. The van der Waals surface area contributed by atoms with Gasteiger partial charge in [-0.05, 0) is 6.07 Å². The van der Waals surface area contributed by atoms with Crippen LogP contribution in [-0.4, -0.2) is 33.5 Å². The normalized spacial score (nSPS) is 15.2. The van der Waals surface area contributed by atoms with Crippen LogP contribution in [-0.2, 0) is 24.9 Å². The number of H-pyrrole nitrogens is 1. The van der Waals surface area contributed by atoms with Gasteiger partial charge in [0.25, 0.3) is 5.56 Å². The maximum absolute atomic E-state index is 12.5. The Bertz CT molecular complexity index is 792. The molecule has 6 heteroatoms. The summed E-state index contributed by atoms with van der Waals surface area (Å²) in [7, 11) is 1.62. The number of rotatable bonds is 3. The summed E-state index contributed by atoms with van der Waals surface area (Å²) in [6.45, 7) is 8.34. The van der Waals surface area contributed by atoms with E-state index in [-0.39, 0.29) is 11.0 Å². The highest BCUT2D eigenvalue weighted by Crippen LogP contribution is 2.23. The van der Waals surface area contributed by atoms with E-state index in [2.05, 4.69) is 35.6 Å². The highest BCUT2D eigenvalue weighted by molar-refractivity contribution is 5.27. The lowest BCUT2D eigenvalue weighted by Gasteiger charge is -2.29. The Morgan fingerprint density at radius 2 is 2.17 bits per heavy atom. The molecule has 0 fully saturated rings. The van der Waals surface area contributed by atoms with Crippen molar-refractivity contribution in [1.82, 2.24) is 19.9 Å². The van der Waals surface area contributed by atoms with Gasteiger partial charge in [-0.2, -0.15) is 0 Å².